The molecule has 27 heavy (non-hydrogen) atoms. The van der Waals surface area contributed by atoms with Crippen LogP contribution in [0, 0.1) is 5.92 Å². The van der Waals surface area contributed by atoms with E-state index in [1.54, 1.807) is 23.0 Å². The Hall–Kier alpha value is -2.83. The molecule has 1 atom stereocenters. The fourth-order valence-electron chi connectivity index (χ4n) is 3.23. The van der Waals surface area contributed by atoms with E-state index in [1.807, 2.05) is 44.3 Å². The predicted octanol–water partition coefficient (Wildman–Crippen LogP) is 2.25. The Bertz CT molecular complexity index is 771. The highest BCUT2D eigenvalue weighted by Gasteiger charge is 2.36. The summed E-state index contributed by atoms with van der Waals surface area (Å²) < 4.78 is 5.64. The maximum atomic E-state index is 12.7. The molecule has 1 unspecified atom stereocenters. The van der Waals surface area contributed by atoms with Gasteiger partial charge in [0.15, 0.2) is 0 Å². The first-order valence-electron chi connectivity index (χ1n) is 9.23. The standard InChI is InChI=1S/C20H26N4O3/c1-14(2)27-18-6-4-17(5-7-18)24-13-16(10-19(24)25)20(26)23(3)9-8-15-11-21-22-12-15/h4-7,11-12,14,16H,8-10,13H2,1-3H3,(H,21,22). The lowest BCUT2D eigenvalue weighted by atomic mass is 10.1. The lowest BCUT2D eigenvalue weighted by molar-refractivity contribution is -0.134. The minimum Gasteiger partial charge on any atom is -0.491 e. The van der Waals surface area contributed by atoms with E-state index < -0.39 is 0 Å². The van der Waals surface area contributed by atoms with Crippen molar-refractivity contribution in [2.75, 3.05) is 25.0 Å². The number of rotatable bonds is 7. The predicted molar refractivity (Wildman–Crippen MR) is 103 cm³/mol. The van der Waals surface area contributed by atoms with E-state index in [-0.39, 0.29) is 30.3 Å². The zero-order chi connectivity index (χ0) is 19.4. The van der Waals surface area contributed by atoms with Gasteiger partial charge in [0, 0.05) is 38.4 Å². The number of benzene rings is 1. The number of aromatic amines is 1. The van der Waals surface area contributed by atoms with Crippen molar-refractivity contribution in [3.63, 3.8) is 0 Å². The first kappa shape index (κ1) is 18.9. The van der Waals surface area contributed by atoms with E-state index in [9.17, 15) is 9.59 Å². The number of likely N-dealkylation sites (N-methyl/N-ethyl adjacent to an activating group) is 1. The lowest BCUT2D eigenvalue weighted by Crippen LogP contribution is -2.35. The molecule has 0 saturated carbocycles. The van der Waals surface area contributed by atoms with Gasteiger partial charge in [-0.25, -0.2) is 0 Å². The average Bonchev–Trinajstić information content (AvgIpc) is 3.29. The molecule has 0 bridgehead atoms. The van der Waals surface area contributed by atoms with Crippen LogP contribution < -0.4 is 9.64 Å². The summed E-state index contributed by atoms with van der Waals surface area (Å²) in [6.07, 6.45) is 4.67. The van der Waals surface area contributed by atoms with Crippen LogP contribution in [-0.2, 0) is 16.0 Å². The molecule has 1 fully saturated rings. The largest absolute Gasteiger partial charge is 0.491 e. The average molecular weight is 370 g/mol. The van der Waals surface area contributed by atoms with Crippen LogP contribution in [0.3, 0.4) is 0 Å². The Labute approximate surface area is 159 Å². The molecular formula is C20H26N4O3. The quantitative estimate of drug-likeness (QED) is 0.811. The van der Waals surface area contributed by atoms with Crippen LogP contribution in [0.2, 0.25) is 0 Å². The molecule has 0 radical (unpaired) electrons. The highest BCUT2D eigenvalue weighted by atomic mass is 16.5. The highest BCUT2D eigenvalue weighted by Crippen LogP contribution is 2.28. The topological polar surface area (TPSA) is 78.5 Å². The molecule has 1 aromatic carbocycles. The zero-order valence-corrected chi connectivity index (χ0v) is 16.0. The first-order valence-corrected chi connectivity index (χ1v) is 9.23. The number of hydrogen-bond acceptors (Lipinski definition) is 4. The van der Waals surface area contributed by atoms with E-state index in [0.717, 1.165) is 23.4 Å². The third-order valence-electron chi connectivity index (χ3n) is 4.66. The smallest absolute Gasteiger partial charge is 0.227 e. The van der Waals surface area contributed by atoms with Gasteiger partial charge in [0.25, 0.3) is 0 Å². The second-order valence-corrected chi connectivity index (χ2v) is 7.18. The van der Waals surface area contributed by atoms with Gasteiger partial charge in [-0.2, -0.15) is 5.10 Å². The van der Waals surface area contributed by atoms with Crippen molar-refractivity contribution in [3.05, 3.63) is 42.2 Å². The van der Waals surface area contributed by atoms with Crippen LogP contribution in [0.15, 0.2) is 36.7 Å². The second kappa shape index (κ2) is 8.24. The van der Waals surface area contributed by atoms with E-state index in [4.69, 9.17) is 4.74 Å². The Morgan fingerprint density at radius 2 is 2.11 bits per heavy atom. The summed E-state index contributed by atoms with van der Waals surface area (Å²) in [6, 6.07) is 7.44. The SMILES string of the molecule is CC(C)Oc1ccc(N2CC(C(=O)N(C)CCc3cn[nH]c3)CC2=O)cc1. The van der Waals surface area contributed by atoms with Crippen LogP contribution in [0.4, 0.5) is 5.69 Å². The maximum absolute atomic E-state index is 12.7. The number of amides is 2. The van der Waals surface area contributed by atoms with E-state index in [2.05, 4.69) is 10.2 Å². The number of nitrogens with one attached hydrogen (secondary N) is 1. The molecule has 3 rings (SSSR count). The first-order chi connectivity index (χ1) is 12.9. The summed E-state index contributed by atoms with van der Waals surface area (Å²) in [6.45, 7) is 4.96. The van der Waals surface area contributed by atoms with Gasteiger partial charge in [-0.05, 0) is 50.1 Å². The number of nitrogens with zero attached hydrogens (tertiary/aromatic N) is 3. The monoisotopic (exact) mass is 370 g/mol. The van der Waals surface area contributed by atoms with Gasteiger partial charge in [0.1, 0.15) is 5.75 Å². The summed E-state index contributed by atoms with van der Waals surface area (Å²) >= 11 is 0. The van der Waals surface area contributed by atoms with Crippen molar-refractivity contribution in [1.29, 1.82) is 0 Å². The van der Waals surface area contributed by atoms with Crippen molar-refractivity contribution < 1.29 is 14.3 Å². The number of ether oxygens (including phenoxy) is 1. The van der Waals surface area contributed by atoms with Gasteiger partial charge >= 0.3 is 0 Å². The van der Waals surface area contributed by atoms with Gasteiger partial charge in [-0.3, -0.25) is 14.7 Å². The summed E-state index contributed by atoms with van der Waals surface area (Å²) in [5.74, 6) is 0.452. The Morgan fingerprint density at radius 3 is 2.74 bits per heavy atom. The maximum Gasteiger partial charge on any atom is 0.227 e. The molecule has 1 aromatic heterocycles. The van der Waals surface area contributed by atoms with Gasteiger partial charge in [0.05, 0.1) is 18.2 Å². The fraction of sp³-hybridized carbons (Fsp3) is 0.450. The third kappa shape index (κ3) is 4.67. The Kier molecular flexibility index (Phi) is 5.78. The van der Waals surface area contributed by atoms with E-state index in [0.29, 0.717) is 13.1 Å². The normalized spacial score (nSPS) is 16.8. The number of carbonyl (C=O) groups excluding carboxylic acids is 2. The molecule has 1 aliphatic rings. The fourth-order valence-corrected chi connectivity index (χ4v) is 3.23. The van der Waals surface area contributed by atoms with Crippen LogP contribution in [0.25, 0.3) is 0 Å². The molecule has 7 heteroatoms. The van der Waals surface area contributed by atoms with Gasteiger partial charge in [0.2, 0.25) is 11.8 Å². The number of hydrogen-bond donors (Lipinski definition) is 1. The molecule has 0 spiro atoms. The Balaban J connectivity index is 1.58. The van der Waals surface area contributed by atoms with Crippen molar-refractivity contribution in [2.45, 2.75) is 32.8 Å². The lowest BCUT2D eigenvalue weighted by Gasteiger charge is -2.21. The highest BCUT2D eigenvalue weighted by molar-refractivity contribution is 6.00. The van der Waals surface area contributed by atoms with Crippen molar-refractivity contribution in [1.82, 2.24) is 15.1 Å². The molecule has 1 saturated heterocycles. The molecule has 2 aromatic rings. The van der Waals surface area contributed by atoms with E-state index in [1.165, 1.54) is 0 Å². The van der Waals surface area contributed by atoms with Crippen molar-refractivity contribution in [2.24, 2.45) is 5.92 Å². The van der Waals surface area contributed by atoms with Crippen LogP contribution in [0.1, 0.15) is 25.8 Å². The number of aromatic nitrogens is 2. The van der Waals surface area contributed by atoms with Crippen LogP contribution in [-0.4, -0.2) is 53.2 Å². The summed E-state index contributed by atoms with van der Waals surface area (Å²) in [4.78, 5) is 28.5. The third-order valence-corrected chi connectivity index (χ3v) is 4.66. The molecule has 144 valence electrons. The van der Waals surface area contributed by atoms with Crippen LogP contribution in [0.5, 0.6) is 5.75 Å². The molecule has 1 N–H and O–H groups in total. The van der Waals surface area contributed by atoms with E-state index >= 15 is 0 Å². The minimum absolute atomic E-state index is 0.00843. The van der Waals surface area contributed by atoms with Crippen molar-refractivity contribution >= 4 is 17.5 Å². The van der Waals surface area contributed by atoms with Gasteiger partial charge in [-0.15, -0.1) is 0 Å². The molecular weight excluding hydrogens is 344 g/mol. The molecule has 1 aliphatic heterocycles. The number of H-pyrrole nitrogens is 1. The Morgan fingerprint density at radius 1 is 1.37 bits per heavy atom. The second-order valence-electron chi connectivity index (χ2n) is 7.18. The molecule has 2 heterocycles. The van der Waals surface area contributed by atoms with Gasteiger partial charge < -0.3 is 14.5 Å². The molecule has 0 aliphatic carbocycles. The summed E-state index contributed by atoms with van der Waals surface area (Å²) in [5, 5.41) is 6.68. The van der Waals surface area contributed by atoms with Gasteiger partial charge in [-0.1, -0.05) is 0 Å². The van der Waals surface area contributed by atoms with Crippen molar-refractivity contribution in [3.8, 4) is 5.75 Å². The zero-order valence-electron chi connectivity index (χ0n) is 16.0. The summed E-state index contributed by atoms with van der Waals surface area (Å²) in [5.41, 5.74) is 1.86. The number of carbonyl (C=O) groups is 2. The number of anilines is 1. The summed E-state index contributed by atoms with van der Waals surface area (Å²) in [7, 11) is 1.79. The molecule has 2 amide bonds. The molecule has 7 nitrogen and oxygen atoms in total. The minimum atomic E-state index is -0.307. The van der Waals surface area contributed by atoms with Crippen LogP contribution >= 0.6 is 0 Å².